The molecular formula is C29H40N6O. The first kappa shape index (κ1) is 25.0. The maximum absolute atomic E-state index is 13.1. The number of carbonyl (C=O) groups excluding carboxylic acids is 1. The van der Waals surface area contributed by atoms with Gasteiger partial charge in [0.25, 0.3) is 0 Å². The zero-order chi connectivity index (χ0) is 25.1. The van der Waals surface area contributed by atoms with Crippen molar-refractivity contribution >= 4 is 16.6 Å². The molecule has 36 heavy (non-hydrogen) atoms. The Morgan fingerprint density at radius 2 is 1.69 bits per heavy atom. The van der Waals surface area contributed by atoms with Crippen LogP contribution in [0.4, 0.5) is 0 Å². The second-order valence-corrected chi connectivity index (χ2v) is 11.2. The third kappa shape index (κ3) is 5.84. The molecule has 0 amide bonds. The molecule has 0 atom stereocenters. The molecule has 0 bridgehead atoms. The highest BCUT2D eigenvalue weighted by Crippen LogP contribution is 2.27. The summed E-state index contributed by atoms with van der Waals surface area (Å²) in [6.07, 6.45) is 11.9. The van der Waals surface area contributed by atoms with Gasteiger partial charge < -0.3 is 4.90 Å². The highest BCUT2D eigenvalue weighted by molar-refractivity contribution is 5.87. The molecular weight excluding hydrogens is 448 g/mol. The summed E-state index contributed by atoms with van der Waals surface area (Å²) < 4.78 is 1.99. The van der Waals surface area contributed by atoms with Crippen LogP contribution >= 0.6 is 0 Å². The van der Waals surface area contributed by atoms with Gasteiger partial charge in [-0.15, -0.1) is 0 Å². The lowest BCUT2D eigenvalue weighted by Crippen LogP contribution is -2.38. The highest BCUT2D eigenvalue weighted by Gasteiger charge is 2.25. The molecule has 0 N–H and O–H groups in total. The lowest BCUT2D eigenvalue weighted by Gasteiger charge is -2.32. The summed E-state index contributed by atoms with van der Waals surface area (Å²) in [6.45, 7) is 10.9. The lowest BCUT2D eigenvalue weighted by atomic mass is 9.89. The van der Waals surface area contributed by atoms with Gasteiger partial charge in [0.1, 0.15) is 5.78 Å². The number of pyridine rings is 2. The number of Topliss-reactive ketones (excluding diaryl/α,β-unsaturated/α-hetero) is 1. The zero-order valence-electron chi connectivity index (χ0n) is 22.1. The van der Waals surface area contributed by atoms with Crippen LogP contribution in [0.1, 0.15) is 57.3 Å². The maximum Gasteiger partial charge on any atom is 0.142 e. The van der Waals surface area contributed by atoms with Gasteiger partial charge in [-0.2, -0.15) is 5.10 Å². The van der Waals surface area contributed by atoms with Crippen molar-refractivity contribution in [2.45, 2.75) is 58.9 Å². The van der Waals surface area contributed by atoms with Gasteiger partial charge in [-0.25, -0.2) is 0 Å². The Morgan fingerprint density at radius 1 is 0.944 bits per heavy atom. The molecule has 0 radical (unpaired) electrons. The van der Waals surface area contributed by atoms with E-state index in [2.05, 4.69) is 45.9 Å². The van der Waals surface area contributed by atoms with Crippen LogP contribution in [-0.4, -0.2) is 68.1 Å². The number of carbonyl (C=O) groups is 1. The fourth-order valence-electron chi connectivity index (χ4n) is 5.80. The number of hydrogen-bond acceptors (Lipinski definition) is 6. The van der Waals surface area contributed by atoms with Crippen LogP contribution in [0, 0.1) is 11.8 Å². The maximum atomic E-state index is 13.1. The molecule has 2 saturated heterocycles. The van der Waals surface area contributed by atoms with E-state index in [-0.39, 0.29) is 5.92 Å². The number of fused-ring (bicyclic) bond motifs is 1. The number of aryl methyl sites for hydroxylation is 1. The van der Waals surface area contributed by atoms with E-state index >= 15 is 0 Å². The quantitative estimate of drug-likeness (QED) is 0.465. The number of rotatable bonds is 8. The average molecular weight is 489 g/mol. The van der Waals surface area contributed by atoms with Crippen molar-refractivity contribution in [2.24, 2.45) is 18.9 Å². The first-order valence-electron chi connectivity index (χ1n) is 13.7. The lowest BCUT2D eigenvalue weighted by molar-refractivity contribution is -0.123. The van der Waals surface area contributed by atoms with E-state index < -0.39 is 0 Å². The molecule has 2 aliphatic rings. The summed E-state index contributed by atoms with van der Waals surface area (Å²) >= 11 is 0. The molecule has 7 nitrogen and oxygen atoms in total. The van der Waals surface area contributed by atoms with Crippen molar-refractivity contribution in [1.82, 2.24) is 29.5 Å². The average Bonchev–Trinajstić information content (AvgIpc) is 3.24. The van der Waals surface area contributed by atoms with E-state index in [1.165, 1.54) is 25.0 Å². The summed E-state index contributed by atoms with van der Waals surface area (Å²) in [7, 11) is 2.02. The highest BCUT2D eigenvalue weighted by atomic mass is 16.1. The van der Waals surface area contributed by atoms with E-state index in [0.717, 1.165) is 79.8 Å². The minimum absolute atomic E-state index is 0.159. The Labute approximate surface area is 214 Å². The standard InChI is InChI=1S/C29H40N6O/c1-21(2)19-35-11-7-22(8-12-35)29(36)15-25-13-23-14-27(31-17-24(23)16-30-25)26-18-32-33(3)28(26)20-34-9-5-4-6-10-34/h13-14,16-18,21-22H,4-12,15,19-20H2,1-3H3. The third-order valence-corrected chi connectivity index (χ3v) is 7.84. The molecule has 0 saturated carbocycles. The first-order valence-corrected chi connectivity index (χ1v) is 13.7. The number of aromatic nitrogens is 4. The minimum atomic E-state index is 0.159. The molecule has 3 aromatic rings. The molecule has 0 aliphatic carbocycles. The molecule has 0 aromatic carbocycles. The molecule has 2 fully saturated rings. The summed E-state index contributed by atoms with van der Waals surface area (Å²) in [4.78, 5) is 27.4. The van der Waals surface area contributed by atoms with Crippen LogP contribution in [0.3, 0.4) is 0 Å². The van der Waals surface area contributed by atoms with Gasteiger partial charge >= 0.3 is 0 Å². The van der Waals surface area contributed by atoms with E-state index in [9.17, 15) is 4.79 Å². The van der Waals surface area contributed by atoms with E-state index in [1.807, 2.05) is 30.3 Å². The van der Waals surface area contributed by atoms with E-state index in [1.54, 1.807) is 0 Å². The molecule has 0 spiro atoms. The number of nitrogens with zero attached hydrogens (tertiary/aromatic N) is 6. The van der Waals surface area contributed by atoms with Crippen molar-refractivity contribution in [3.8, 4) is 11.3 Å². The van der Waals surface area contributed by atoms with E-state index in [4.69, 9.17) is 4.98 Å². The van der Waals surface area contributed by atoms with Crippen molar-refractivity contribution in [3.63, 3.8) is 0 Å². The van der Waals surface area contributed by atoms with Gasteiger partial charge in [0.05, 0.1) is 17.6 Å². The SMILES string of the molecule is CC(C)CN1CCC(C(=O)Cc2cc3cc(-c4cnn(C)c4CN4CCCCC4)ncc3cn2)CC1. The molecule has 7 heteroatoms. The van der Waals surface area contributed by atoms with Gasteiger partial charge in [-0.05, 0) is 75.3 Å². The van der Waals surface area contributed by atoms with Gasteiger partial charge in [0, 0.05) is 61.5 Å². The smallest absolute Gasteiger partial charge is 0.142 e. The fraction of sp³-hybridized carbons (Fsp3) is 0.586. The normalized spacial score (nSPS) is 18.3. The van der Waals surface area contributed by atoms with Crippen molar-refractivity contribution in [3.05, 3.63) is 42.1 Å². The Bertz CT molecular complexity index is 1190. The molecule has 192 valence electrons. The summed E-state index contributed by atoms with van der Waals surface area (Å²) in [5.74, 6) is 1.16. The van der Waals surface area contributed by atoms with Crippen LogP contribution in [0.25, 0.3) is 22.0 Å². The number of piperidine rings is 2. The van der Waals surface area contributed by atoms with Crippen LogP contribution in [-0.2, 0) is 24.8 Å². The predicted octanol–water partition coefficient (Wildman–Crippen LogP) is 4.50. The van der Waals surface area contributed by atoms with Gasteiger partial charge in [-0.3, -0.25) is 24.3 Å². The summed E-state index contributed by atoms with van der Waals surface area (Å²) in [6, 6.07) is 4.21. The first-order chi connectivity index (χ1) is 17.5. The van der Waals surface area contributed by atoms with Crippen LogP contribution in [0.5, 0.6) is 0 Å². The summed E-state index contributed by atoms with van der Waals surface area (Å²) in [5.41, 5.74) is 4.09. The largest absolute Gasteiger partial charge is 0.303 e. The second kappa shape index (κ2) is 11.2. The van der Waals surface area contributed by atoms with Crippen LogP contribution < -0.4 is 0 Å². The molecule has 5 rings (SSSR count). The second-order valence-electron chi connectivity index (χ2n) is 11.2. The topological polar surface area (TPSA) is 67.2 Å². The third-order valence-electron chi connectivity index (χ3n) is 7.84. The van der Waals surface area contributed by atoms with Gasteiger partial charge in [-0.1, -0.05) is 20.3 Å². The Balaban J connectivity index is 1.30. The van der Waals surface area contributed by atoms with Crippen LogP contribution in [0.2, 0.25) is 0 Å². The van der Waals surface area contributed by atoms with Crippen molar-refractivity contribution < 1.29 is 4.79 Å². The van der Waals surface area contributed by atoms with Crippen molar-refractivity contribution in [1.29, 1.82) is 0 Å². The molecule has 5 heterocycles. The number of hydrogen-bond donors (Lipinski definition) is 0. The Morgan fingerprint density at radius 3 is 2.44 bits per heavy atom. The fourth-order valence-corrected chi connectivity index (χ4v) is 5.80. The molecule has 2 aliphatic heterocycles. The number of ketones is 1. The predicted molar refractivity (Wildman–Crippen MR) is 144 cm³/mol. The summed E-state index contributed by atoms with van der Waals surface area (Å²) in [5, 5.41) is 6.64. The van der Waals surface area contributed by atoms with Crippen molar-refractivity contribution in [2.75, 3.05) is 32.7 Å². The number of likely N-dealkylation sites (tertiary alicyclic amines) is 2. The zero-order valence-corrected chi connectivity index (χ0v) is 22.1. The monoisotopic (exact) mass is 488 g/mol. The minimum Gasteiger partial charge on any atom is -0.303 e. The molecule has 3 aromatic heterocycles. The van der Waals surface area contributed by atoms with Gasteiger partial charge in [0.15, 0.2) is 0 Å². The van der Waals surface area contributed by atoms with E-state index in [0.29, 0.717) is 18.1 Å². The Kier molecular flexibility index (Phi) is 7.77. The van der Waals surface area contributed by atoms with Gasteiger partial charge in [0.2, 0.25) is 0 Å². The van der Waals surface area contributed by atoms with Crippen LogP contribution in [0.15, 0.2) is 30.7 Å². The Hall–Kier alpha value is -2.64. The molecule has 0 unspecified atom stereocenters.